The van der Waals surface area contributed by atoms with Gasteiger partial charge in [-0.05, 0) is 188 Å². The molecule has 8 atom stereocenters. The molecule has 678 valence electrons. The molecular formula is C87H155N11O17P2Si2. The van der Waals surface area contributed by atoms with Crippen molar-refractivity contribution in [3.05, 3.63) is 104 Å². The van der Waals surface area contributed by atoms with Crippen LogP contribution in [0, 0.1) is 31.9 Å². The molecule has 1 aromatic rings. The zero-order valence-corrected chi connectivity index (χ0v) is 81.0. The summed E-state index contributed by atoms with van der Waals surface area (Å²) in [6.07, 6.45) is 11.7. The Labute approximate surface area is 719 Å². The summed E-state index contributed by atoms with van der Waals surface area (Å²) in [5.74, 6) is -0.0139. The lowest BCUT2D eigenvalue weighted by Crippen LogP contribution is -2.55. The van der Waals surface area contributed by atoms with E-state index in [0.29, 0.717) is 164 Å². The molecule has 5 N–H and O–H groups in total. The van der Waals surface area contributed by atoms with Crippen LogP contribution in [-0.4, -0.2) is 210 Å². The van der Waals surface area contributed by atoms with Crippen molar-refractivity contribution in [2.24, 2.45) is 11.8 Å². The van der Waals surface area contributed by atoms with E-state index in [9.17, 15) is 33.6 Å². The molecule has 3 aliphatic rings. The predicted octanol–water partition coefficient (Wildman–Crippen LogP) is 16.2. The number of hydrogen-bond acceptors (Lipinski definition) is 20. The van der Waals surface area contributed by atoms with E-state index < -0.39 is 56.6 Å². The van der Waals surface area contributed by atoms with Crippen molar-refractivity contribution < 1.29 is 69.2 Å². The summed E-state index contributed by atoms with van der Waals surface area (Å²) in [5.41, 5.74) is 0.470. The Morgan fingerprint density at radius 3 is 1.44 bits per heavy atom. The van der Waals surface area contributed by atoms with E-state index in [0.717, 1.165) is 19.3 Å². The Balaban J connectivity index is 0.000000617. The second-order valence-corrected chi connectivity index (χ2v) is 45.8. The molecule has 0 saturated heterocycles. The zero-order valence-electron chi connectivity index (χ0n) is 77.2. The summed E-state index contributed by atoms with van der Waals surface area (Å²) in [6, 6.07) is 0.277. The number of aryl methyl sites for hydroxylation is 1. The van der Waals surface area contributed by atoms with Gasteiger partial charge in [0.05, 0.1) is 43.2 Å². The number of nitrogens with zero attached hydrogens (tertiary/aromatic N) is 6. The third-order valence-electron chi connectivity index (χ3n) is 22.8. The van der Waals surface area contributed by atoms with Crippen LogP contribution in [0.1, 0.15) is 267 Å². The predicted molar refractivity (Wildman–Crippen MR) is 480 cm³/mol. The molecule has 0 spiro atoms. The van der Waals surface area contributed by atoms with Crippen molar-refractivity contribution >= 4 is 63.6 Å². The largest absolute Gasteiger partial charge is 0.394 e. The molecule has 4 unspecified atom stereocenters. The SMILES string of the molecule is [C-]#[N+]CCOP(OC1C[C@H](N2C=C(C)C(=O)NC2=C)C[C@@H]1CO[Si](OC(CC)(CC)CCC(=O)NCCOCCOCCCC(=O)C(=C)C)(C(C)C)C(C)C)N(C(C)C)C(C)C.[C-]#[N+]CCOP(OC1C[C@H](n2cc(C)c(=O)[nH]c2=O)C[C@@H]1CO[Si](OC(CC)(CC)CCC(=O)NCCCNC(=O)C(=C)C)(C(C)C)C(C)C)N(C(C)C)C(C)C. The van der Waals surface area contributed by atoms with Crippen molar-refractivity contribution in [1.29, 1.82) is 0 Å². The summed E-state index contributed by atoms with van der Waals surface area (Å²) in [4.78, 5) is 99.1. The van der Waals surface area contributed by atoms with E-state index in [-0.39, 0.29) is 138 Å². The molecular weight excluding hydrogens is 1590 g/mol. The third kappa shape index (κ3) is 34.0. The van der Waals surface area contributed by atoms with Gasteiger partial charge < -0.3 is 81.1 Å². The number of ketones is 1. The smallest absolute Gasteiger partial charge is 0.343 e. The highest BCUT2D eigenvalue weighted by molar-refractivity contribution is 7.44. The molecule has 2 heterocycles. The minimum atomic E-state index is -3.03. The van der Waals surface area contributed by atoms with Crippen LogP contribution in [-0.2, 0) is 69.2 Å². The molecule has 119 heavy (non-hydrogen) atoms. The molecule has 28 nitrogen and oxygen atoms in total. The maximum absolute atomic E-state index is 13.2. The van der Waals surface area contributed by atoms with Gasteiger partial charge in [0, 0.05) is 136 Å². The number of ether oxygens (including phenoxy) is 2. The van der Waals surface area contributed by atoms with Crippen LogP contribution in [0.4, 0.5) is 0 Å². The number of aromatic amines is 1. The minimum absolute atomic E-state index is 0.00379. The van der Waals surface area contributed by atoms with E-state index in [1.54, 1.807) is 38.5 Å². The number of H-pyrrole nitrogens is 1. The van der Waals surface area contributed by atoms with Gasteiger partial charge in [-0.3, -0.25) is 38.3 Å². The molecule has 2 saturated carbocycles. The normalized spacial score (nSPS) is 18.7. The lowest BCUT2D eigenvalue weighted by Gasteiger charge is -2.46. The maximum atomic E-state index is 13.2. The van der Waals surface area contributed by atoms with E-state index in [1.807, 2.05) is 6.20 Å². The number of Topliss-reactive ketones (excluding diaryl/α,β-unsaturated/α-hetero) is 1. The van der Waals surface area contributed by atoms with E-state index in [4.69, 9.17) is 58.4 Å². The Bertz CT molecular complexity index is 3540. The first-order valence-corrected chi connectivity index (χ1v) is 50.0. The number of carbonyl (C=O) groups excluding carboxylic acids is 5. The average Bonchev–Trinajstić information content (AvgIpc) is 1.77. The van der Waals surface area contributed by atoms with Crippen LogP contribution in [0.5, 0.6) is 0 Å². The highest BCUT2D eigenvalue weighted by Crippen LogP contribution is 2.54. The van der Waals surface area contributed by atoms with Gasteiger partial charge in [-0.25, -0.2) is 27.3 Å². The zero-order chi connectivity index (χ0) is 89.7. The summed E-state index contributed by atoms with van der Waals surface area (Å²) >= 11 is 0. The molecule has 2 fully saturated rings. The number of amides is 4. The lowest BCUT2D eigenvalue weighted by atomic mass is 9.92. The number of aromatic nitrogens is 2. The molecule has 0 radical (unpaired) electrons. The van der Waals surface area contributed by atoms with Crippen molar-refractivity contribution in [3.8, 4) is 0 Å². The first kappa shape index (κ1) is 108. The maximum Gasteiger partial charge on any atom is 0.343 e. The molecule has 4 amide bonds. The first-order chi connectivity index (χ1) is 56.0. The minimum Gasteiger partial charge on any atom is -0.394 e. The second-order valence-electron chi connectivity index (χ2n) is 34.5. The molecule has 0 bridgehead atoms. The topological polar surface area (TPSA) is 299 Å². The van der Waals surface area contributed by atoms with Crippen LogP contribution >= 0.6 is 17.1 Å². The number of allylic oxidation sites excluding steroid dienone is 1. The van der Waals surface area contributed by atoms with Crippen LogP contribution < -0.4 is 32.5 Å². The molecule has 4 rings (SSSR count). The quantitative estimate of drug-likeness (QED) is 0.0133. The van der Waals surface area contributed by atoms with E-state index in [1.165, 1.54) is 0 Å². The first-order valence-electron chi connectivity index (χ1n) is 43.8. The van der Waals surface area contributed by atoms with Gasteiger partial charge in [0.2, 0.25) is 30.8 Å². The third-order valence-corrected chi connectivity index (χ3v) is 36.3. The van der Waals surface area contributed by atoms with Gasteiger partial charge in [-0.15, -0.1) is 0 Å². The second kappa shape index (κ2) is 53.8. The summed E-state index contributed by atoms with van der Waals surface area (Å²) in [6.45, 7) is 80.6. The van der Waals surface area contributed by atoms with Crippen LogP contribution in [0.2, 0.25) is 22.2 Å². The Kier molecular flexibility index (Phi) is 48.9. The number of carbonyl (C=O) groups is 5. The number of hydrogen-bond donors (Lipinski definition) is 5. The summed E-state index contributed by atoms with van der Waals surface area (Å²) < 4.78 is 73.4. The van der Waals surface area contributed by atoms with Crippen molar-refractivity contribution in [1.82, 2.24) is 45.1 Å². The van der Waals surface area contributed by atoms with Gasteiger partial charge in [-0.2, -0.15) is 0 Å². The van der Waals surface area contributed by atoms with Crippen molar-refractivity contribution in [2.75, 3.05) is 85.6 Å². The number of rotatable bonds is 58. The summed E-state index contributed by atoms with van der Waals surface area (Å²) in [7, 11) is -9.09. The van der Waals surface area contributed by atoms with Gasteiger partial charge in [0.1, 0.15) is 19.0 Å². The van der Waals surface area contributed by atoms with Crippen LogP contribution in [0.3, 0.4) is 0 Å². The van der Waals surface area contributed by atoms with Gasteiger partial charge >= 0.3 is 22.8 Å². The van der Waals surface area contributed by atoms with Crippen LogP contribution in [0.25, 0.3) is 9.69 Å². The highest BCUT2D eigenvalue weighted by Gasteiger charge is 2.54. The molecule has 2 aliphatic carbocycles. The molecule has 0 aromatic carbocycles. The lowest BCUT2D eigenvalue weighted by molar-refractivity contribution is -0.123. The molecule has 32 heteroatoms. The van der Waals surface area contributed by atoms with Crippen molar-refractivity contribution in [3.63, 3.8) is 0 Å². The van der Waals surface area contributed by atoms with E-state index >= 15 is 0 Å². The standard InChI is InChI=1S/C46H82N5O9PSi.C41H73N6O8PSi/c1-16-46(17-2,21-20-44(53)48-23-25-56-28-27-55-24-18-19-42(52)33(3)4)60-62(36(9)10,37(11)12)58-32-40-29-41(50-31-38(13)45(54)49-39(50)14)30-43(40)59-61(57-26-22-47-15)51(34(5)6)35(7)8;1-15-41(16-2,19-18-37(48)43-20-17-21-44-38(49)28(3)4)55-57(31(9)10,32(11)12)53-27-34-24-35(46-26-33(13)39(50)45-40(46)51)25-36(34)54-56(52-23-22-42-14)47(29(5)6)30(7)8/h31,34-37,40-41,43H,3,14,16-30,32H2,1-2,4-13H3,(H,48,53)(H,49,54);26,29-32,34-36H,3,15-25,27H2,1-2,4-13H3,(H,43,48)(H,44,49)(H,45,50,51)/t40-,41-,43?,61?;34-,35-,36?,56?/m11/s1. The van der Waals surface area contributed by atoms with Crippen molar-refractivity contribution in [2.45, 2.75) is 344 Å². The van der Waals surface area contributed by atoms with Crippen LogP contribution in [0.15, 0.2) is 64.3 Å². The van der Waals surface area contributed by atoms with Gasteiger partial charge in [0.25, 0.3) is 28.5 Å². The van der Waals surface area contributed by atoms with E-state index in [2.05, 4.69) is 208 Å². The fourth-order valence-corrected chi connectivity index (χ4v) is 27.5. The van der Waals surface area contributed by atoms with Gasteiger partial charge in [0.15, 0.2) is 5.78 Å². The fraction of sp³-hybridized carbons (Fsp3) is 0.782. The Morgan fingerprint density at radius 2 is 1.02 bits per heavy atom. The number of nitrogens with one attached hydrogen (secondary N) is 5. The molecule has 1 aromatic heterocycles. The monoisotopic (exact) mass is 1740 g/mol. The molecule has 1 aliphatic heterocycles. The Morgan fingerprint density at radius 1 is 0.588 bits per heavy atom. The average molecular weight is 1750 g/mol. The van der Waals surface area contributed by atoms with Gasteiger partial charge in [-0.1, -0.05) is 103 Å². The highest BCUT2D eigenvalue weighted by atomic mass is 31.2. The fourth-order valence-electron chi connectivity index (χ4n) is 15.8. The Hall–Kier alpha value is -5.22. The summed E-state index contributed by atoms with van der Waals surface area (Å²) in [5, 5.41) is 11.7.